The predicted octanol–water partition coefficient (Wildman–Crippen LogP) is 3.83. The highest BCUT2D eigenvalue weighted by Gasteiger charge is 2.16. The molecule has 0 aliphatic rings. The fraction of sp³-hybridized carbons (Fsp3) is 0.100. The van der Waals surface area contributed by atoms with Crippen LogP contribution < -0.4 is 15.6 Å². The van der Waals surface area contributed by atoms with E-state index in [1.54, 1.807) is 31.2 Å². The van der Waals surface area contributed by atoms with E-state index in [9.17, 15) is 9.59 Å². The first-order valence-corrected chi connectivity index (χ1v) is 8.84. The Balaban J connectivity index is 1.59. The number of fused-ring (bicyclic) bond motifs is 1. The van der Waals surface area contributed by atoms with Crippen LogP contribution in [0.1, 0.15) is 17.3 Å². The zero-order valence-electron chi connectivity index (χ0n) is 14.0. The van der Waals surface area contributed by atoms with Gasteiger partial charge in [0.15, 0.2) is 6.10 Å². The first kappa shape index (κ1) is 17.9. The van der Waals surface area contributed by atoms with Crippen molar-refractivity contribution in [2.45, 2.75) is 13.0 Å². The second-order valence-electron chi connectivity index (χ2n) is 5.69. The Bertz CT molecular complexity index is 958. The van der Waals surface area contributed by atoms with Gasteiger partial charge in [0.05, 0.1) is 5.56 Å². The van der Waals surface area contributed by atoms with Gasteiger partial charge in [0.1, 0.15) is 5.75 Å². The first-order chi connectivity index (χ1) is 12.5. The Morgan fingerprint density at radius 1 is 0.923 bits per heavy atom. The number of ether oxygens (including phenoxy) is 1. The van der Waals surface area contributed by atoms with Crippen molar-refractivity contribution in [1.29, 1.82) is 0 Å². The highest BCUT2D eigenvalue weighted by atomic mass is 79.9. The fourth-order valence-electron chi connectivity index (χ4n) is 2.43. The Morgan fingerprint density at radius 3 is 2.38 bits per heavy atom. The van der Waals surface area contributed by atoms with Gasteiger partial charge >= 0.3 is 0 Å². The van der Waals surface area contributed by atoms with Gasteiger partial charge in [0.25, 0.3) is 11.8 Å². The van der Waals surface area contributed by atoms with Gasteiger partial charge in [-0.1, -0.05) is 42.5 Å². The molecule has 1 atom stereocenters. The van der Waals surface area contributed by atoms with E-state index < -0.39 is 17.9 Å². The average molecular weight is 413 g/mol. The monoisotopic (exact) mass is 412 g/mol. The summed E-state index contributed by atoms with van der Waals surface area (Å²) in [5.74, 6) is -0.272. The molecule has 0 aromatic heterocycles. The first-order valence-electron chi connectivity index (χ1n) is 8.05. The predicted molar refractivity (Wildman–Crippen MR) is 104 cm³/mol. The zero-order valence-corrected chi connectivity index (χ0v) is 15.6. The average Bonchev–Trinajstić information content (AvgIpc) is 2.66. The van der Waals surface area contributed by atoms with Crippen molar-refractivity contribution in [2.24, 2.45) is 0 Å². The van der Waals surface area contributed by atoms with Crippen LogP contribution in [0.3, 0.4) is 0 Å². The minimum atomic E-state index is -0.768. The number of hydrazine groups is 1. The molecule has 2 amide bonds. The van der Waals surface area contributed by atoms with E-state index in [1.807, 2.05) is 42.5 Å². The molecule has 0 unspecified atom stereocenters. The summed E-state index contributed by atoms with van der Waals surface area (Å²) in [6.07, 6.45) is -0.768. The molecule has 0 saturated heterocycles. The summed E-state index contributed by atoms with van der Waals surface area (Å²) < 4.78 is 6.32. The van der Waals surface area contributed by atoms with Crippen LogP contribution in [0.4, 0.5) is 0 Å². The van der Waals surface area contributed by atoms with Gasteiger partial charge in [0.2, 0.25) is 0 Å². The summed E-state index contributed by atoms with van der Waals surface area (Å²) in [5, 5.41) is 2.12. The van der Waals surface area contributed by atoms with Crippen molar-refractivity contribution in [3.8, 4) is 5.75 Å². The van der Waals surface area contributed by atoms with Crippen LogP contribution in [-0.4, -0.2) is 17.9 Å². The highest BCUT2D eigenvalue weighted by molar-refractivity contribution is 9.10. The molecule has 0 radical (unpaired) electrons. The minimum Gasteiger partial charge on any atom is -0.481 e. The SMILES string of the molecule is C[C@@H](Oc1ccc2ccccc2c1)C(=O)NNC(=O)c1ccccc1Br. The Labute approximate surface area is 159 Å². The van der Waals surface area contributed by atoms with Crippen LogP contribution >= 0.6 is 15.9 Å². The molecule has 0 aliphatic heterocycles. The number of rotatable bonds is 4. The third-order valence-corrected chi connectivity index (χ3v) is 4.51. The summed E-state index contributed by atoms with van der Waals surface area (Å²) >= 11 is 3.30. The summed E-state index contributed by atoms with van der Waals surface area (Å²) in [5.41, 5.74) is 5.20. The molecule has 0 bridgehead atoms. The number of amides is 2. The van der Waals surface area contributed by atoms with Gasteiger partial charge in [0, 0.05) is 4.47 Å². The normalized spacial score (nSPS) is 11.6. The van der Waals surface area contributed by atoms with Crippen LogP contribution in [0.15, 0.2) is 71.2 Å². The molecule has 3 rings (SSSR count). The molecule has 0 heterocycles. The molecule has 0 saturated carbocycles. The number of carbonyl (C=O) groups excluding carboxylic acids is 2. The maximum atomic E-state index is 12.2. The van der Waals surface area contributed by atoms with Crippen LogP contribution in [-0.2, 0) is 4.79 Å². The van der Waals surface area contributed by atoms with Gasteiger partial charge in [-0.05, 0) is 57.9 Å². The molecule has 3 aromatic carbocycles. The molecule has 3 aromatic rings. The number of hydrogen-bond acceptors (Lipinski definition) is 3. The van der Waals surface area contributed by atoms with Gasteiger partial charge < -0.3 is 4.74 Å². The van der Waals surface area contributed by atoms with E-state index >= 15 is 0 Å². The van der Waals surface area contributed by atoms with E-state index in [1.165, 1.54) is 0 Å². The lowest BCUT2D eigenvalue weighted by molar-refractivity contribution is -0.128. The van der Waals surface area contributed by atoms with Crippen molar-refractivity contribution in [1.82, 2.24) is 10.9 Å². The highest BCUT2D eigenvalue weighted by Crippen LogP contribution is 2.21. The van der Waals surface area contributed by atoms with E-state index in [4.69, 9.17) is 4.74 Å². The zero-order chi connectivity index (χ0) is 18.5. The molecule has 0 spiro atoms. The molecule has 26 heavy (non-hydrogen) atoms. The van der Waals surface area contributed by atoms with E-state index in [2.05, 4.69) is 26.8 Å². The van der Waals surface area contributed by atoms with Crippen molar-refractivity contribution < 1.29 is 14.3 Å². The third kappa shape index (κ3) is 4.21. The number of nitrogens with one attached hydrogen (secondary N) is 2. The molecule has 2 N–H and O–H groups in total. The van der Waals surface area contributed by atoms with Gasteiger partial charge in [-0.2, -0.15) is 0 Å². The smallest absolute Gasteiger partial charge is 0.279 e. The summed E-state index contributed by atoms with van der Waals surface area (Å²) in [4.78, 5) is 24.3. The Kier molecular flexibility index (Phi) is 5.53. The quantitative estimate of drug-likeness (QED) is 0.639. The molecule has 0 fully saturated rings. The number of halogens is 1. The molecule has 5 nitrogen and oxygen atoms in total. The van der Waals surface area contributed by atoms with Gasteiger partial charge in [-0.15, -0.1) is 0 Å². The maximum absolute atomic E-state index is 12.2. The molecule has 6 heteroatoms. The number of benzene rings is 3. The second kappa shape index (κ2) is 8.01. The van der Waals surface area contributed by atoms with Crippen molar-refractivity contribution in [2.75, 3.05) is 0 Å². The standard InChI is InChI=1S/C20H17BrN2O3/c1-13(26-16-11-10-14-6-2-3-7-15(14)12-16)19(24)22-23-20(25)17-8-4-5-9-18(17)21/h2-13H,1H3,(H,22,24)(H,23,25)/t13-/m1/s1. The van der Waals surface area contributed by atoms with Crippen molar-refractivity contribution in [3.63, 3.8) is 0 Å². The van der Waals surface area contributed by atoms with Crippen molar-refractivity contribution >= 4 is 38.5 Å². The second-order valence-corrected chi connectivity index (χ2v) is 6.55. The minimum absolute atomic E-state index is 0.413. The van der Waals surface area contributed by atoms with Crippen LogP contribution in [0.25, 0.3) is 10.8 Å². The van der Waals surface area contributed by atoms with Crippen molar-refractivity contribution in [3.05, 3.63) is 76.8 Å². The van der Waals surface area contributed by atoms with Gasteiger partial charge in [-0.25, -0.2) is 0 Å². The molecule has 0 aliphatic carbocycles. The fourth-order valence-corrected chi connectivity index (χ4v) is 2.90. The summed E-state index contributed by atoms with van der Waals surface area (Å²) in [7, 11) is 0. The topological polar surface area (TPSA) is 67.4 Å². The lowest BCUT2D eigenvalue weighted by Gasteiger charge is -2.15. The molecule has 132 valence electrons. The summed E-state index contributed by atoms with van der Waals surface area (Å²) in [6, 6.07) is 20.5. The van der Waals surface area contributed by atoms with E-state index in [0.29, 0.717) is 15.8 Å². The van der Waals surface area contributed by atoms with Crippen LogP contribution in [0, 0.1) is 0 Å². The lowest BCUT2D eigenvalue weighted by atomic mass is 10.1. The van der Waals surface area contributed by atoms with Crippen LogP contribution in [0.5, 0.6) is 5.75 Å². The van der Waals surface area contributed by atoms with E-state index in [-0.39, 0.29) is 0 Å². The number of hydrogen-bond donors (Lipinski definition) is 2. The van der Waals surface area contributed by atoms with E-state index in [0.717, 1.165) is 10.8 Å². The molecular weight excluding hydrogens is 396 g/mol. The van der Waals surface area contributed by atoms with Gasteiger partial charge in [-0.3, -0.25) is 20.4 Å². The maximum Gasteiger partial charge on any atom is 0.279 e. The number of carbonyl (C=O) groups is 2. The Morgan fingerprint density at radius 2 is 1.62 bits per heavy atom. The van der Waals surface area contributed by atoms with Crippen LogP contribution in [0.2, 0.25) is 0 Å². The summed E-state index contributed by atoms with van der Waals surface area (Å²) in [6.45, 7) is 1.62. The molecular formula is C20H17BrN2O3. The lowest BCUT2D eigenvalue weighted by Crippen LogP contribution is -2.47. The Hall–Kier alpha value is -2.86. The third-order valence-electron chi connectivity index (χ3n) is 3.82. The largest absolute Gasteiger partial charge is 0.481 e.